The van der Waals surface area contributed by atoms with E-state index < -0.39 is 11.0 Å². The second-order valence-corrected chi connectivity index (χ2v) is 5.87. The van der Waals surface area contributed by atoms with E-state index >= 15 is 0 Å². The first-order valence-electron chi connectivity index (χ1n) is 5.25. The molecule has 1 aromatic rings. The van der Waals surface area contributed by atoms with Crippen LogP contribution in [0.3, 0.4) is 0 Å². The van der Waals surface area contributed by atoms with Gasteiger partial charge in [0.1, 0.15) is 0 Å². The minimum absolute atomic E-state index is 0.0542. The molecule has 0 fully saturated rings. The van der Waals surface area contributed by atoms with E-state index in [1.165, 1.54) is 4.57 Å². The van der Waals surface area contributed by atoms with E-state index in [1.807, 2.05) is 26.8 Å². The fourth-order valence-corrected chi connectivity index (χ4v) is 1.97. The maximum atomic E-state index is 11.6. The third kappa shape index (κ3) is 3.28. The Morgan fingerprint density at radius 3 is 2.50 bits per heavy atom. The predicted octanol–water partition coefficient (Wildman–Crippen LogP) is 1.11. The van der Waals surface area contributed by atoms with E-state index in [2.05, 4.69) is 4.72 Å². The molecular weight excluding hydrogens is 224 g/mol. The summed E-state index contributed by atoms with van der Waals surface area (Å²) in [5.74, 6) is 0. The van der Waals surface area contributed by atoms with Crippen LogP contribution in [0.15, 0.2) is 23.1 Å². The molecular formula is C11H18N2O2S. The van der Waals surface area contributed by atoms with Crippen molar-refractivity contribution in [3.05, 3.63) is 34.2 Å². The quantitative estimate of drug-likeness (QED) is 0.860. The number of nitrogens with zero attached hydrogens (tertiary/aromatic N) is 1. The Kier molecular flexibility index (Phi) is 4.44. The molecule has 0 aliphatic carbocycles. The first-order chi connectivity index (χ1) is 7.41. The Bertz CT molecular complexity index is 440. The Labute approximate surface area is 98.3 Å². The van der Waals surface area contributed by atoms with Gasteiger partial charge in [0.15, 0.2) is 0 Å². The van der Waals surface area contributed by atoms with Crippen LogP contribution >= 0.6 is 0 Å². The zero-order valence-corrected chi connectivity index (χ0v) is 10.9. The fraction of sp³-hybridized carbons (Fsp3) is 0.545. The van der Waals surface area contributed by atoms with Crippen LogP contribution in [0.5, 0.6) is 0 Å². The summed E-state index contributed by atoms with van der Waals surface area (Å²) in [6, 6.07) is 3.34. The molecule has 16 heavy (non-hydrogen) atoms. The maximum Gasteiger partial charge on any atom is 0.250 e. The topological polar surface area (TPSA) is 51.1 Å². The Morgan fingerprint density at radius 2 is 2.00 bits per heavy atom. The Morgan fingerprint density at radius 1 is 1.38 bits per heavy atom. The first kappa shape index (κ1) is 13.1. The van der Waals surface area contributed by atoms with Gasteiger partial charge in [0, 0.05) is 30.6 Å². The van der Waals surface area contributed by atoms with Gasteiger partial charge < -0.3 is 4.57 Å². The molecule has 0 bridgehead atoms. The van der Waals surface area contributed by atoms with E-state index in [4.69, 9.17) is 0 Å². The first-order valence-corrected chi connectivity index (χ1v) is 6.46. The third-order valence-electron chi connectivity index (χ3n) is 2.35. The number of rotatable bonds is 4. The molecule has 2 atom stereocenters. The number of nitrogens with one attached hydrogen (secondary N) is 1. The van der Waals surface area contributed by atoms with Crippen LogP contribution in [-0.2, 0) is 18.0 Å². The standard InChI is InChI=1S/C11H18N2O2S/c1-8(2)16(15)12-9(3)10-5-6-13(4)11(14)7-10/h5-9,12H,1-4H3. The van der Waals surface area contributed by atoms with Gasteiger partial charge >= 0.3 is 0 Å². The zero-order chi connectivity index (χ0) is 12.3. The molecule has 1 aromatic heterocycles. The van der Waals surface area contributed by atoms with Crippen LogP contribution in [0, 0.1) is 0 Å². The largest absolute Gasteiger partial charge is 0.319 e. The molecule has 90 valence electrons. The highest BCUT2D eigenvalue weighted by Crippen LogP contribution is 2.10. The average molecular weight is 242 g/mol. The molecule has 0 saturated heterocycles. The highest BCUT2D eigenvalue weighted by molar-refractivity contribution is 7.83. The molecule has 0 spiro atoms. The van der Waals surface area contributed by atoms with Crippen molar-refractivity contribution in [3.63, 3.8) is 0 Å². The van der Waals surface area contributed by atoms with E-state index in [1.54, 1.807) is 19.3 Å². The lowest BCUT2D eigenvalue weighted by atomic mass is 10.1. The van der Waals surface area contributed by atoms with Crippen molar-refractivity contribution in [3.8, 4) is 0 Å². The van der Waals surface area contributed by atoms with E-state index in [0.717, 1.165) is 5.56 Å². The van der Waals surface area contributed by atoms with Crippen LogP contribution in [0.1, 0.15) is 32.4 Å². The van der Waals surface area contributed by atoms with Gasteiger partial charge in [0.2, 0.25) is 0 Å². The summed E-state index contributed by atoms with van der Waals surface area (Å²) in [6.45, 7) is 5.68. The van der Waals surface area contributed by atoms with Crippen molar-refractivity contribution in [2.45, 2.75) is 32.1 Å². The minimum Gasteiger partial charge on any atom is -0.319 e. The zero-order valence-electron chi connectivity index (χ0n) is 10.1. The van der Waals surface area contributed by atoms with Gasteiger partial charge in [-0.05, 0) is 32.4 Å². The molecule has 2 unspecified atom stereocenters. The number of aryl methyl sites for hydroxylation is 1. The summed E-state index contributed by atoms with van der Waals surface area (Å²) in [7, 11) is 0.632. The maximum absolute atomic E-state index is 11.6. The summed E-state index contributed by atoms with van der Waals surface area (Å²) < 4.78 is 16.1. The van der Waals surface area contributed by atoms with Crippen molar-refractivity contribution < 1.29 is 4.21 Å². The van der Waals surface area contributed by atoms with Gasteiger partial charge in [0.05, 0.1) is 11.0 Å². The van der Waals surface area contributed by atoms with Crippen LogP contribution < -0.4 is 10.3 Å². The number of hydrogen-bond donors (Lipinski definition) is 1. The monoisotopic (exact) mass is 242 g/mol. The second-order valence-electron chi connectivity index (χ2n) is 4.09. The van der Waals surface area contributed by atoms with Gasteiger partial charge in [0.25, 0.3) is 5.56 Å². The lowest BCUT2D eigenvalue weighted by molar-refractivity contribution is 0.642. The Balaban J connectivity index is 2.81. The smallest absolute Gasteiger partial charge is 0.250 e. The van der Waals surface area contributed by atoms with Crippen molar-refractivity contribution in [1.29, 1.82) is 0 Å². The molecule has 5 heteroatoms. The van der Waals surface area contributed by atoms with Crippen molar-refractivity contribution in [1.82, 2.24) is 9.29 Å². The molecule has 1 heterocycles. The molecule has 4 nitrogen and oxygen atoms in total. The fourth-order valence-electron chi connectivity index (χ4n) is 1.21. The van der Waals surface area contributed by atoms with Gasteiger partial charge in [-0.2, -0.15) is 0 Å². The van der Waals surface area contributed by atoms with Crippen molar-refractivity contribution >= 4 is 11.0 Å². The van der Waals surface area contributed by atoms with Gasteiger partial charge in [-0.15, -0.1) is 0 Å². The summed E-state index contributed by atoms with van der Waals surface area (Å²) in [6.07, 6.45) is 1.72. The normalized spacial score (nSPS) is 15.1. The van der Waals surface area contributed by atoms with Crippen LogP contribution in [0.2, 0.25) is 0 Å². The third-order valence-corrected chi connectivity index (χ3v) is 3.79. The van der Waals surface area contributed by atoms with Gasteiger partial charge in [-0.1, -0.05) is 0 Å². The summed E-state index contributed by atoms with van der Waals surface area (Å²) in [5, 5.41) is 0.0639. The summed E-state index contributed by atoms with van der Waals surface area (Å²) in [4.78, 5) is 11.4. The number of hydrogen-bond acceptors (Lipinski definition) is 2. The van der Waals surface area contributed by atoms with Crippen LogP contribution in [-0.4, -0.2) is 14.0 Å². The molecule has 1 N–H and O–H groups in total. The molecule has 1 rings (SSSR count). The second kappa shape index (κ2) is 5.41. The minimum atomic E-state index is -1.07. The Hall–Kier alpha value is -0.940. The summed E-state index contributed by atoms with van der Waals surface area (Å²) >= 11 is 0. The molecule has 0 saturated carbocycles. The van der Waals surface area contributed by atoms with Crippen LogP contribution in [0.25, 0.3) is 0 Å². The van der Waals surface area contributed by atoms with Gasteiger partial charge in [-0.3, -0.25) is 4.79 Å². The number of aromatic nitrogens is 1. The molecule has 0 aromatic carbocycles. The molecule has 0 aliphatic heterocycles. The highest BCUT2D eigenvalue weighted by Gasteiger charge is 2.11. The highest BCUT2D eigenvalue weighted by atomic mass is 32.2. The molecule has 0 aliphatic rings. The average Bonchev–Trinajstić information content (AvgIpc) is 2.21. The van der Waals surface area contributed by atoms with Gasteiger partial charge in [-0.25, -0.2) is 8.93 Å². The number of pyridine rings is 1. The lowest BCUT2D eigenvalue weighted by Gasteiger charge is -2.15. The molecule has 0 radical (unpaired) electrons. The van der Waals surface area contributed by atoms with Crippen molar-refractivity contribution in [2.24, 2.45) is 7.05 Å². The SMILES string of the molecule is CC(NS(=O)C(C)C)c1ccn(C)c(=O)c1. The van der Waals surface area contributed by atoms with E-state index in [-0.39, 0.29) is 16.9 Å². The van der Waals surface area contributed by atoms with E-state index in [9.17, 15) is 9.00 Å². The lowest BCUT2D eigenvalue weighted by Crippen LogP contribution is -2.28. The molecule has 0 amide bonds. The predicted molar refractivity (Wildman–Crippen MR) is 66.5 cm³/mol. The van der Waals surface area contributed by atoms with E-state index in [0.29, 0.717) is 0 Å². The van der Waals surface area contributed by atoms with Crippen molar-refractivity contribution in [2.75, 3.05) is 0 Å². The summed E-state index contributed by atoms with van der Waals surface area (Å²) in [5.41, 5.74) is 0.804. The van der Waals surface area contributed by atoms with Crippen LogP contribution in [0.4, 0.5) is 0 Å².